The number of pyridine rings is 1. The van der Waals surface area contributed by atoms with Crippen molar-refractivity contribution in [2.24, 2.45) is 0 Å². The maximum absolute atomic E-state index is 12.3. The van der Waals surface area contributed by atoms with Crippen LogP contribution in [0, 0.1) is 12.3 Å². The van der Waals surface area contributed by atoms with Gasteiger partial charge in [-0.3, -0.25) is 14.7 Å². The Hall–Kier alpha value is -3.63. The van der Waals surface area contributed by atoms with Crippen molar-refractivity contribution in [2.75, 3.05) is 26.3 Å². The van der Waals surface area contributed by atoms with E-state index in [-0.39, 0.29) is 18.1 Å². The summed E-state index contributed by atoms with van der Waals surface area (Å²) in [4.78, 5) is 26.6. The Labute approximate surface area is 193 Å². The monoisotopic (exact) mass is 444 g/mol. The van der Waals surface area contributed by atoms with E-state index in [2.05, 4.69) is 20.8 Å². The molecule has 0 saturated carbocycles. The van der Waals surface area contributed by atoms with E-state index in [1.54, 1.807) is 12.3 Å². The van der Waals surface area contributed by atoms with Crippen LogP contribution in [0.1, 0.15) is 36.9 Å². The van der Waals surface area contributed by atoms with Crippen LogP contribution in [0.5, 0.6) is 11.5 Å². The number of likely N-dealkylation sites (tertiary alicyclic amines) is 1. The molecule has 0 radical (unpaired) electrons. The van der Waals surface area contributed by atoms with E-state index in [0.717, 1.165) is 43.7 Å². The first-order valence-corrected chi connectivity index (χ1v) is 11.2. The van der Waals surface area contributed by atoms with Gasteiger partial charge in [-0.15, -0.1) is 6.42 Å². The Balaban J connectivity index is 1.49. The molecule has 1 fully saturated rings. The van der Waals surface area contributed by atoms with Crippen molar-refractivity contribution >= 4 is 0 Å². The van der Waals surface area contributed by atoms with Gasteiger partial charge in [0, 0.05) is 31.3 Å². The molecule has 7 heteroatoms. The zero-order chi connectivity index (χ0) is 23.0. The molecule has 0 amide bonds. The van der Waals surface area contributed by atoms with Crippen LogP contribution in [0.4, 0.5) is 0 Å². The van der Waals surface area contributed by atoms with Gasteiger partial charge in [0.15, 0.2) is 17.3 Å². The zero-order valence-corrected chi connectivity index (χ0v) is 18.8. The highest BCUT2D eigenvalue weighted by Crippen LogP contribution is 2.31. The molecule has 170 valence electrons. The number of H-pyrrole nitrogens is 1. The lowest BCUT2D eigenvalue weighted by Crippen LogP contribution is -2.34. The summed E-state index contributed by atoms with van der Waals surface area (Å²) >= 11 is 0. The second-order valence-corrected chi connectivity index (χ2v) is 8.02. The normalized spacial score (nSPS) is 16.2. The fraction of sp³-hybridized carbons (Fsp3) is 0.346. The molecule has 0 unspecified atom stereocenters. The van der Waals surface area contributed by atoms with E-state index < -0.39 is 0 Å². The summed E-state index contributed by atoms with van der Waals surface area (Å²) < 4.78 is 11.4. The number of piperidine rings is 1. The molecule has 33 heavy (non-hydrogen) atoms. The van der Waals surface area contributed by atoms with Gasteiger partial charge in [0.25, 0.3) is 5.56 Å². The fourth-order valence-electron chi connectivity index (χ4n) is 4.17. The van der Waals surface area contributed by atoms with Crippen LogP contribution in [0.3, 0.4) is 0 Å². The minimum absolute atomic E-state index is 0.151. The van der Waals surface area contributed by atoms with Crippen LogP contribution < -0.4 is 15.0 Å². The third-order valence-electron chi connectivity index (χ3n) is 5.62. The number of aromatic nitrogens is 3. The largest absolute Gasteiger partial charge is 0.490 e. The highest BCUT2D eigenvalue weighted by atomic mass is 16.5. The highest BCUT2D eigenvalue weighted by molar-refractivity contribution is 5.48. The fourth-order valence-corrected chi connectivity index (χ4v) is 4.17. The first kappa shape index (κ1) is 22.6. The Kier molecular flexibility index (Phi) is 7.38. The number of nitrogens with zero attached hydrogens (tertiary/aromatic N) is 3. The van der Waals surface area contributed by atoms with Gasteiger partial charge >= 0.3 is 0 Å². The van der Waals surface area contributed by atoms with Crippen molar-refractivity contribution in [1.29, 1.82) is 0 Å². The minimum Gasteiger partial charge on any atom is -0.490 e. The number of hydrogen-bond acceptors (Lipinski definition) is 6. The molecule has 1 N–H and O–H groups in total. The number of terminal acetylenes is 1. The van der Waals surface area contributed by atoms with Gasteiger partial charge in [-0.2, -0.15) is 0 Å². The van der Waals surface area contributed by atoms with Gasteiger partial charge in [0.1, 0.15) is 12.3 Å². The quantitative estimate of drug-likeness (QED) is 0.535. The van der Waals surface area contributed by atoms with E-state index in [9.17, 15) is 4.79 Å². The molecule has 0 spiro atoms. The Morgan fingerprint density at radius 2 is 2.12 bits per heavy atom. The number of rotatable bonds is 8. The van der Waals surface area contributed by atoms with Gasteiger partial charge in [-0.05, 0) is 56.1 Å². The van der Waals surface area contributed by atoms with Crippen molar-refractivity contribution in [3.05, 3.63) is 70.3 Å². The summed E-state index contributed by atoms with van der Waals surface area (Å²) in [6, 6.07) is 13.2. The molecule has 3 heterocycles. The van der Waals surface area contributed by atoms with Crippen molar-refractivity contribution < 1.29 is 9.47 Å². The number of aromatic amines is 1. The average Bonchev–Trinajstić information content (AvgIpc) is 2.84. The SMILES string of the molecule is C#CCOc1ccc(CN2CCC[C@H](c3cc(=O)[nH]c(-c4ccccn4)n3)C2)cc1OCC. The summed E-state index contributed by atoms with van der Waals surface area (Å²) in [7, 11) is 0. The van der Waals surface area contributed by atoms with E-state index in [4.69, 9.17) is 20.9 Å². The molecule has 3 aromatic rings. The first-order chi connectivity index (χ1) is 16.2. The smallest absolute Gasteiger partial charge is 0.251 e. The van der Waals surface area contributed by atoms with Crippen LogP contribution in [0.25, 0.3) is 11.5 Å². The molecule has 0 aliphatic carbocycles. The summed E-state index contributed by atoms with van der Waals surface area (Å²) in [6.45, 7) is 5.30. The van der Waals surface area contributed by atoms with E-state index in [0.29, 0.717) is 29.6 Å². The molecule has 7 nitrogen and oxygen atoms in total. The van der Waals surface area contributed by atoms with E-state index in [1.807, 2.05) is 43.3 Å². The second kappa shape index (κ2) is 10.8. The summed E-state index contributed by atoms with van der Waals surface area (Å²) in [6.07, 6.45) is 9.05. The van der Waals surface area contributed by atoms with Crippen molar-refractivity contribution in [2.45, 2.75) is 32.2 Å². The summed E-state index contributed by atoms with van der Waals surface area (Å²) in [5.74, 6) is 4.55. The first-order valence-electron chi connectivity index (χ1n) is 11.2. The molecule has 4 rings (SSSR count). The topological polar surface area (TPSA) is 80.3 Å². The highest BCUT2D eigenvalue weighted by Gasteiger charge is 2.24. The van der Waals surface area contributed by atoms with Crippen molar-refractivity contribution in [3.63, 3.8) is 0 Å². The predicted molar refractivity (Wildman–Crippen MR) is 127 cm³/mol. The summed E-state index contributed by atoms with van der Waals surface area (Å²) in [5, 5.41) is 0. The van der Waals surface area contributed by atoms with Crippen LogP contribution in [-0.2, 0) is 6.54 Å². The predicted octanol–water partition coefficient (Wildman–Crippen LogP) is 3.62. The van der Waals surface area contributed by atoms with E-state index >= 15 is 0 Å². The third-order valence-corrected chi connectivity index (χ3v) is 5.62. The van der Waals surface area contributed by atoms with Gasteiger partial charge in [0.05, 0.1) is 12.3 Å². The third kappa shape index (κ3) is 5.79. The second-order valence-electron chi connectivity index (χ2n) is 8.02. The van der Waals surface area contributed by atoms with Gasteiger partial charge in [-0.25, -0.2) is 4.98 Å². The minimum atomic E-state index is -0.151. The summed E-state index contributed by atoms with van der Waals surface area (Å²) in [5.41, 5.74) is 2.47. The lowest BCUT2D eigenvalue weighted by molar-refractivity contribution is 0.198. The number of ether oxygens (including phenoxy) is 2. The zero-order valence-electron chi connectivity index (χ0n) is 18.8. The van der Waals surface area contributed by atoms with Crippen LogP contribution in [0.2, 0.25) is 0 Å². The Bertz CT molecular complexity index is 1170. The van der Waals surface area contributed by atoms with Crippen LogP contribution in [0.15, 0.2) is 53.5 Å². The number of nitrogens with one attached hydrogen (secondary N) is 1. The standard InChI is InChI=1S/C26H28N4O3/c1-3-14-33-23-11-10-19(15-24(23)32-4-2)17-30-13-7-8-20(18-30)22-16-25(31)29-26(28-22)21-9-5-6-12-27-21/h1,5-6,9-12,15-16,20H,4,7-8,13-14,17-18H2,2H3,(H,28,29,31)/t20-/m0/s1. The molecular formula is C26H28N4O3. The Morgan fingerprint density at radius 1 is 1.21 bits per heavy atom. The Morgan fingerprint density at radius 3 is 2.91 bits per heavy atom. The lowest BCUT2D eigenvalue weighted by Gasteiger charge is -2.32. The molecule has 1 aliphatic rings. The van der Waals surface area contributed by atoms with Crippen molar-refractivity contribution in [1.82, 2.24) is 19.9 Å². The van der Waals surface area contributed by atoms with Gasteiger partial charge in [0.2, 0.25) is 0 Å². The number of hydrogen-bond donors (Lipinski definition) is 1. The molecule has 1 aromatic carbocycles. The van der Waals surface area contributed by atoms with Crippen molar-refractivity contribution in [3.8, 4) is 35.4 Å². The van der Waals surface area contributed by atoms with E-state index in [1.165, 1.54) is 0 Å². The molecule has 1 atom stereocenters. The average molecular weight is 445 g/mol. The molecular weight excluding hydrogens is 416 g/mol. The van der Waals surface area contributed by atoms with Gasteiger partial charge in [-0.1, -0.05) is 18.1 Å². The molecule has 2 aromatic heterocycles. The van der Waals surface area contributed by atoms with Crippen LogP contribution in [-0.4, -0.2) is 46.2 Å². The van der Waals surface area contributed by atoms with Crippen LogP contribution >= 0.6 is 0 Å². The van der Waals surface area contributed by atoms with Gasteiger partial charge < -0.3 is 14.5 Å². The maximum Gasteiger partial charge on any atom is 0.251 e. The number of benzene rings is 1. The molecule has 1 saturated heterocycles. The molecule has 0 bridgehead atoms. The lowest BCUT2D eigenvalue weighted by atomic mass is 9.94. The molecule has 1 aliphatic heterocycles. The maximum atomic E-state index is 12.3.